The van der Waals surface area contributed by atoms with Gasteiger partial charge in [-0.1, -0.05) is 0 Å². The Morgan fingerprint density at radius 1 is 1.62 bits per heavy atom. The highest BCUT2D eigenvalue weighted by molar-refractivity contribution is 4.95. The second kappa shape index (κ2) is 2.15. The quantitative estimate of drug-likeness (QED) is 0.474. The minimum Gasteiger partial charge on any atom is -0.493 e. The Kier molecular flexibility index (Phi) is 1.50. The molecule has 3 nitrogen and oxygen atoms in total. The van der Waals surface area contributed by atoms with Crippen LogP contribution in [0.1, 0.15) is 0 Å². The molecule has 0 fully saturated rings. The van der Waals surface area contributed by atoms with Crippen molar-refractivity contribution in [1.29, 1.82) is 0 Å². The van der Waals surface area contributed by atoms with Gasteiger partial charge in [-0.3, -0.25) is 0 Å². The van der Waals surface area contributed by atoms with Gasteiger partial charge in [-0.15, -0.1) is 0 Å². The molecule has 1 rings (SSSR count). The van der Waals surface area contributed by atoms with Crippen molar-refractivity contribution in [1.82, 2.24) is 0 Å². The molecule has 0 bridgehead atoms. The van der Waals surface area contributed by atoms with E-state index in [4.69, 9.17) is 14.9 Å². The first kappa shape index (κ1) is 5.59. The summed E-state index contributed by atoms with van der Waals surface area (Å²) in [5, 5.41) is 17.2. The molecule has 2 atom stereocenters. The van der Waals surface area contributed by atoms with Gasteiger partial charge in [0.1, 0.15) is 6.10 Å². The molecule has 0 aliphatic carbocycles. The minimum atomic E-state index is -0.625. The van der Waals surface area contributed by atoms with Gasteiger partial charge in [0, 0.05) is 0 Å². The van der Waals surface area contributed by atoms with E-state index in [2.05, 4.69) is 0 Å². The largest absolute Gasteiger partial charge is 0.493 e. The van der Waals surface area contributed by atoms with Gasteiger partial charge in [0.15, 0.2) is 6.10 Å². The number of rotatable bonds is 1. The van der Waals surface area contributed by atoms with Crippen LogP contribution in [-0.4, -0.2) is 29.0 Å². The molecule has 0 amide bonds. The Morgan fingerprint density at radius 3 is 2.62 bits per heavy atom. The Hall–Kier alpha value is -0.540. The Labute approximate surface area is 47.2 Å². The molecule has 0 aromatic rings. The zero-order valence-corrected chi connectivity index (χ0v) is 4.32. The summed E-state index contributed by atoms with van der Waals surface area (Å²) in [6.45, 7) is -0.131. The van der Waals surface area contributed by atoms with Crippen molar-refractivity contribution in [3.8, 4) is 0 Å². The van der Waals surface area contributed by atoms with Crippen molar-refractivity contribution in [2.45, 2.75) is 12.2 Å². The van der Waals surface area contributed by atoms with Crippen LogP contribution in [0.25, 0.3) is 0 Å². The van der Waals surface area contributed by atoms with Crippen LogP contribution >= 0.6 is 0 Å². The highest BCUT2D eigenvalue weighted by Crippen LogP contribution is 2.07. The topological polar surface area (TPSA) is 49.7 Å². The monoisotopic (exact) mass is 116 g/mol. The number of aliphatic hydroxyl groups excluding tert-OH is 2. The number of ether oxygens (including phenoxy) is 1. The molecule has 0 aromatic carbocycles. The van der Waals surface area contributed by atoms with E-state index in [1.807, 2.05) is 0 Å². The fourth-order valence-electron chi connectivity index (χ4n) is 0.582. The molecule has 0 spiro atoms. The maximum absolute atomic E-state index is 8.82. The summed E-state index contributed by atoms with van der Waals surface area (Å²) < 4.78 is 4.73. The first-order chi connectivity index (χ1) is 3.84. The third-order valence-electron chi connectivity index (χ3n) is 1.09. The van der Waals surface area contributed by atoms with Crippen molar-refractivity contribution in [3.63, 3.8) is 0 Å². The summed E-state index contributed by atoms with van der Waals surface area (Å²) in [5.74, 6) is 0. The van der Waals surface area contributed by atoms with E-state index >= 15 is 0 Å². The van der Waals surface area contributed by atoms with Crippen LogP contribution in [0.5, 0.6) is 0 Å². The predicted octanol–water partition coefficient (Wildman–Crippen LogP) is -0.748. The lowest BCUT2D eigenvalue weighted by Crippen LogP contribution is -2.24. The van der Waals surface area contributed by atoms with E-state index in [-0.39, 0.29) is 6.61 Å². The SMILES string of the molecule is OC[C@H]1OC=CC1O. The van der Waals surface area contributed by atoms with Gasteiger partial charge in [0.25, 0.3) is 0 Å². The number of aliphatic hydroxyl groups is 2. The van der Waals surface area contributed by atoms with Gasteiger partial charge in [0.2, 0.25) is 0 Å². The van der Waals surface area contributed by atoms with Gasteiger partial charge >= 0.3 is 0 Å². The molecule has 1 heterocycles. The highest BCUT2D eigenvalue weighted by atomic mass is 16.5. The lowest BCUT2D eigenvalue weighted by molar-refractivity contribution is 0.0217. The summed E-state index contributed by atoms with van der Waals surface area (Å²) in [4.78, 5) is 0. The summed E-state index contributed by atoms with van der Waals surface area (Å²) in [7, 11) is 0. The zero-order chi connectivity index (χ0) is 5.98. The molecule has 1 unspecified atom stereocenters. The van der Waals surface area contributed by atoms with E-state index in [9.17, 15) is 0 Å². The van der Waals surface area contributed by atoms with Crippen LogP contribution in [0.2, 0.25) is 0 Å². The molecule has 0 saturated carbocycles. The van der Waals surface area contributed by atoms with Crippen molar-refractivity contribution in [2.75, 3.05) is 6.61 Å². The van der Waals surface area contributed by atoms with Crippen LogP contribution in [0.15, 0.2) is 12.3 Å². The lowest BCUT2D eigenvalue weighted by Gasteiger charge is -2.08. The molecule has 2 N–H and O–H groups in total. The molecule has 0 aromatic heterocycles. The number of hydrogen-bond donors (Lipinski definition) is 2. The van der Waals surface area contributed by atoms with Crippen LogP contribution < -0.4 is 0 Å². The fraction of sp³-hybridized carbons (Fsp3) is 0.600. The summed E-state index contributed by atoms with van der Waals surface area (Å²) in [6.07, 6.45) is 1.84. The third-order valence-corrected chi connectivity index (χ3v) is 1.09. The highest BCUT2D eigenvalue weighted by Gasteiger charge is 2.20. The van der Waals surface area contributed by atoms with E-state index in [0.717, 1.165) is 0 Å². The van der Waals surface area contributed by atoms with E-state index in [1.165, 1.54) is 12.3 Å². The van der Waals surface area contributed by atoms with Crippen LogP contribution in [-0.2, 0) is 4.74 Å². The van der Waals surface area contributed by atoms with Gasteiger partial charge in [-0.25, -0.2) is 0 Å². The van der Waals surface area contributed by atoms with Gasteiger partial charge in [-0.05, 0) is 6.08 Å². The maximum atomic E-state index is 8.82. The molecular weight excluding hydrogens is 108 g/mol. The second-order valence-corrected chi connectivity index (χ2v) is 1.68. The first-order valence-corrected chi connectivity index (χ1v) is 2.45. The van der Waals surface area contributed by atoms with Crippen LogP contribution in [0.3, 0.4) is 0 Å². The van der Waals surface area contributed by atoms with E-state index < -0.39 is 12.2 Å². The Morgan fingerprint density at radius 2 is 2.38 bits per heavy atom. The Balaban J connectivity index is 2.38. The Bertz CT molecular complexity index is 99.8. The van der Waals surface area contributed by atoms with Gasteiger partial charge in [0.05, 0.1) is 12.9 Å². The fourth-order valence-corrected chi connectivity index (χ4v) is 0.582. The predicted molar refractivity (Wildman–Crippen MR) is 27.1 cm³/mol. The molecule has 46 valence electrons. The average molecular weight is 116 g/mol. The van der Waals surface area contributed by atoms with Crippen molar-refractivity contribution in [3.05, 3.63) is 12.3 Å². The minimum absolute atomic E-state index is 0.131. The molecule has 3 heteroatoms. The summed E-state index contributed by atoms with van der Waals surface area (Å²) >= 11 is 0. The average Bonchev–Trinajstić information content (AvgIpc) is 2.14. The molecule has 0 saturated heterocycles. The molecule has 1 aliphatic rings. The maximum Gasteiger partial charge on any atom is 0.150 e. The molecule has 0 radical (unpaired) electrons. The van der Waals surface area contributed by atoms with Gasteiger partial charge in [-0.2, -0.15) is 0 Å². The molecule has 1 aliphatic heterocycles. The molecular formula is C5H8O3. The first-order valence-electron chi connectivity index (χ1n) is 2.45. The standard InChI is InChI=1S/C5H8O3/c6-3-5-4(7)1-2-8-5/h1-2,4-7H,3H2/t4?,5-/m1/s1. The lowest BCUT2D eigenvalue weighted by atomic mass is 10.2. The summed E-state index contributed by atoms with van der Waals surface area (Å²) in [6, 6.07) is 0. The summed E-state index contributed by atoms with van der Waals surface area (Å²) in [5.41, 5.74) is 0. The second-order valence-electron chi connectivity index (χ2n) is 1.68. The van der Waals surface area contributed by atoms with Crippen molar-refractivity contribution >= 4 is 0 Å². The zero-order valence-electron chi connectivity index (χ0n) is 4.32. The van der Waals surface area contributed by atoms with E-state index in [1.54, 1.807) is 0 Å². The van der Waals surface area contributed by atoms with Crippen LogP contribution in [0, 0.1) is 0 Å². The van der Waals surface area contributed by atoms with Gasteiger partial charge < -0.3 is 14.9 Å². The molecule has 8 heavy (non-hydrogen) atoms. The van der Waals surface area contributed by atoms with Crippen LogP contribution in [0.4, 0.5) is 0 Å². The third kappa shape index (κ3) is 0.827. The van der Waals surface area contributed by atoms with Crippen molar-refractivity contribution < 1.29 is 14.9 Å². The van der Waals surface area contributed by atoms with Crippen molar-refractivity contribution in [2.24, 2.45) is 0 Å². The smallest absolute Gasteiger partial charge is 0.150 e. The number of hydrogen-bond acceptors (Lipinski definition) is 3. The van der Waals surface area contributed by atoms with E-state index in [0.29, 0.717) is 0 Å². The normalized spacial score (nSPS) is 35.2.